The average Bonchev–Trinajstić information content (AvgIpc) is 2.55. The molecule has 5 heteroatoms. The van der Waals surface area contributed by atoms with E-state index >= 15 is 0 Å². The van der Waals surface area contributed by atoms with Crippen molar-refractivity contribution in [2.75, 3.05) is 20.2 Å². The van der Waals surface area contributed by atoms with E-state index < -0.39 is 0 Å². The molecule has 1 fully saturated rings. The molecule has 0 heterocycles. The summed E-state index contributed by atoms with van der Waals surface area (Å²) in [6, 6.07) is 5.26. The molecule has 2 rings (SSSR count). The quantitative estimate of drug-likeness (QED) is 0.839. The summed E-state index contributed by atoms with van der Waals surface area (Å²) >= 11 is 0. The van der Waals surface area contributed by atoms with Gasteiger partial charge < -0.3 is 10.1 Å². The molecule has 0 radical (unpaired) electrons. The maximum absolute atomic E-state index is 13.8. The minimum atomic E-state index is -0.368. The predicted octanol–water partition coefficient (Wildman–Crippen LogP) is 3.11. The van der Waals surface area contributed by atoms with Gasteiger partial charge >= 0.3 is 0 Å². The van der Waals surface area contributed by atoms with Gasteiger partial charge in [-0.1, -0.05) is 32.3 Å². The summed E-state index contributed by atoms with van der Waals surface area (Å²) in [5.74, 6) is -0.0627. The minimum absolute atomic E-state index is 0.0627. The summed E-state index contributed by atoms with van der Waals surface area (Å²) < 4.78 is 18.7. The van der Waals surface area contributed by atoms with Gasteiger partial charge in [-0.15, -0.1) is 0 Å². The Balaban J connectivity index is 1.86. The van der Waals surface area contributed by atoms with Crippen molar-refractivity contribution < 1.29 is 13.9 Å². The van der Waals surface area contributed by atoms with Gasteiger partial charge in [-0.3, -0.25) is 9.69 Å². The molecular formula is C18H27FN2O2. The van der Waals surface area contributed by atoms with Gasteiger partial charge in [0.05, 0.1) is 13.7 Å². The van der Waals surface area contributed by atoms with E-state index in [-0.39, 0.29) is 17.5 Å². The average molecular weight is 322 g/mol. The van der Waals surface area contributed by atoms with Crippen LogP contribution in [0, 0.1) is 5.82 Å². The van der Waals surface area contributed by atoms with Gasteiger partial charge in [0.1, 0.15) is 0 Å². The number of nitrogens with zero attached hydrogens (tertiary/aromatic N) is 1. The van der Waals surface area contributed by atoms with E-state index in [1.54, 1.807) is 6.07 Å². The maximum atomic E-state index is 13.8. The first-order valence-corrected chi connectivity index (χ1v) is 8.46. The second-order valence-electron chi connectivity index (χ2n) is 6.17. The Labute approximate surface area is 138 Å². The summed E-state index contributed by atoms with van der Waals surface area (Å²) in [5.41, 5.74) is 0.843. The van der Waals surface area contributed by atoms with Crippen LogP contribution in [0.3, 0.4) is 0 Å². The Morgan fingerprint density at radius 1 is 1.35 bits per heavy atom. The van der Waals surface area contributed by atoms with Crippen molar-refractivity contribution in [3.8, 4) is 5.75 Å². The molecule has 0 aliphatic heterocycles. The van der Waals surface area contributed by atoms with Crippen LogP contribution >= 0.6 is 0 Å². The summed E-state index contributed by atoms with van der Waals surface area (Å²) in [6.07, 6.45) is 5.85. The number of rotatable bonds is 7. The number of halogens is 1. The number of amides is 1. The third kappa shape index (κ3) is 5.50. The molecule has 1 aromatic carbocycles. The molecule has 0 aromatic heterocycles. The molecule has 0 unspecified atom stereocenters. The molecule has 0 atom stereocenters. The van der Waals surface area contributed by atoms with Crippen molar-refractivity contribution in [2.24, 2.45) is 0 Å². The fourth-order valence-corrected chi connectivity index (χ4v) is 3.07. The highest BCUT2D eigenvalue weighted by molar-refractivity contribution is 5.78. The second kappa shape index (κ2) is 8.87. The van der Waals surface area contributed by atoms with E-state index in [0.717, 1.165) is 24.9 Å². The number of hydrogen-bond donors (Lipinski definition) is 1. The Hall–Kier alpha value is -1.62. The lowest BCUT2D eigenvalue weighted by atomic mass is 9.95. The molecule has 0 saturated heterocycles. The molecule has 1 aliphatic rings. The van der Waals surface area contributed by atoms with Gasteiger partial charge in [-0.2, -0.15) is 0 Å². The van der Waals surface area contributed by atoms with E-state index in [9.17, 15) is 9.18 Å². The lowest BCUT2D eigenvalue weighted by Gasteiger charge is -2.25. The van der Waals surface area contributed by atoms with Crippen LogP contribution in [0.25, 0.3) is 0 Å². The molecule has 1 N–H and O–H groups in total. The van der Waals surface area contributed by atoms with E-state index in [1.165, 1.54) is 32.4 Å². The van der Waals surface area contributed by atoms with Crippen LogP contribution in [0.4, 0.5) is 4.39 Å². The number of likely N-dealkylation sites (N-methyl/N-ethyl adjacent to an activating group) is 1. The first-order chi connectivity index (χ1) is 11.1. The first kappa shape index (κ1) is 17.7. The van der Waals surface area contributed by atoms with Gasteiger partial charge in [0, 0.05) is 12.6 Å². The lowest BCUT2D eigenvalue weighted by Crippen LogP contribution is -2.42. The Kier molecular flexibility index (Phi) is 6.84. The van der Waals surface area contributed by atoms with E-state index in [4.69, 9.17) is 4.74 Å². The zero-order valence-electron chi connectivity index (χ0n) is 14.1. The number of ether oxygens (including phenoxy) is 1. The fourth-order valence-electron chi connectivity index (χ4n) is 3.07. The highest BCUT2D eigenvalue weighted by atomic mass is 19.1. The summed E-state index contributed by atoms with van der Waals surface area (Å²) in [4.78, 5) is 14.2. The third-order valence-corrected chi connectivity index (χ3v) is 4.41. The molecule has 0 bridgehead atoms. The normalized spacial score (nSPS) is 15.7. The van der Waals surface area contributed by atoms with Gasteiger partial charge in [-0.25, -0.2) is 4.39 Å². The largest absolute Gasteiger partial charge is 0.494 e. The van der Waals surface area contributed by atoms with E-state index in [0.29, 0.717) is 19.1 Å². The van der Waals surface area contributed by atoms with E-state index in [2.05, 4.69) is 5.32 Å². The molecule has 1 aromatic rings. The molecule has 23 heavy (non-hydrogen) atoms. The number of carbonyl (C=O) groups excluding carboxylic acids is 1. The Morgan fingerprint density at radius 2 is 2.09 bits per heavy atom. The van der Waals surface area contributed by atoms with Crippen LogP contribution in [0.1, 0.15) is 44.6 Å². The zero-order valence-corrected chi connectivity index (χ0v) is 14.1. The highest BCUT2D eigenvalue weighted by Gasteiger charge is 2.17. The second-order valence-corrected chi connectivity index (χ2v) is 6.17. The third-order valence-electron chi connectivity index (χ3n) is 4.41. The maximum Gasteiger partial charge on any atom is 0.234 e. The molecule has 1 aliphatic carbocycles. The highest BCUT2D eigenvalue weighted by Crippen LogP contribution is 2.19. The van der Waals surface area contributed by atoms with Crippen molar-refractivity contribution in [1.29, 1.82) is 0 Å². The van der Waals surface area contributed by atoms with Gasteiger partial charge in [0.2, 0.25) is 5.91 Å². The molecule has 4 nitrogen and oxygen atoms in total. The molecular weight excluding hydrogens is 295 g/mol. The van der Waals surface area contributed by atoms with Crippen molar-refractivity contribution in [1.82, 2.24) is 10.2 Å². The number of hydrogen-bond acceptors (Lipinski definition) is 3. The summed E-state index contributed by atoms with van der Waals surface area (Å²) in [5, 5.41) is 3.12. The van der Waals surface area contributed by atoms with Crippen molar-refractivity contribution in [2.45, 2.75) is 51.6 Å². The lowest BCUT2D eigenvalue weighted by molar-refractivity contribution is -0.123. The molecule has 1 saturated carbocycles. The molecule has 1 amide bonds. The van der Waals surface area contributed by atoms with Crippen LogP contribution < -0.4 is 10.1 Å². The minimum Gasteiger partial charge on any atom is -0.494 e. The fraction of sp³-hybridized carbons (Fsp3) is 0.611. The Bertz CT molecular complexity index is 516. The first-order valence-electron chi connectivity index (χ1n) is 8.46. The van der Waals surface area contributed by atoms with Gasteiger partial charge in [-0.05, 0) is 37.1 Å². The smallest absolute Gasteiger partial charge is 0.234 e. The van der Waals surface area contributed by atoms with Gasteiger partial charge in [0.25, 0.3) is 0 Å². The number of nitrogens with one attached hydrogen (secondary N) is 1. The molecule has 128 valence electrons. The molecule has 0 spiro atoms. The van der Waals surface area contributed by atoms with Crippen molar-refractivity contribution >= 4 is 5.91 Å². The number of methoxy groups -OCH3 is 1. The number of carbonyl (C=O) groups is 1. The van der Waals surface area contributed by atoms with Crippen LogP contribution in [-0.4, -0.2) is 37.0 Å². The van der Waals surface area contributed by atoms with Crippen LogP contribution in [0.15, 0.2) is 18.2 Å². The van der Waals surface area contributed by atoms with Crippen molar-refractivity contribution in [3.05, 3.63) is 29.6 Å². The van der Waals surface area contributed by atoms with Crippen LogP contribution in [0.2, 0.25) is 0 Å². The SMILES string of the molecule is CCN(CC(=O)NC1CCCCC1)Cc1ccc(OC)c(F)c1. The summed E-state index contributed by atoms with van der Waals surface area (Å²) in [6.45, 7) is 3.65. The predicted molar refractivity (Wildman–Crippen MR) is 88.9 cm³/mol. The van der Waals surface area contributed by atoms with Crippen LogP contribution in [0.5, 0.6) is 5.75 Å². The van der Waals surface area contributed by atoms with Gasteiger partial charge in [0.15, 0.2) is 11.6 Å². The standard InChI is InChI=1S/C18H27FN2O2/c1-3-21(12-14-9-10-17(23-2)16(19)11-14)13-18(22)20-15-7-5-4-6-8-15/h9-11,15H,3-8,12-13H2,1-2H3,(H,20,22). The Morgan fingerprint density at radius 3 is 2.70 bits per heavy atom. The number of benzene rings is 1. The zero-order chi connectivity index (χ0) is 16.7. The summed E-state index contributed by atoms with van der Waals surface area (Å²) in [7, 11) is 1.45. The van der Waals surface area contributed by atoms with Crippen molar-refractivity contribution in [3.63, 3.8) is 0 Å². The monoisotopic (exact) mass is 322 g/mol. The van der Waals surface area contributed by atoms with Crippen LogP contribution in [-0.2, 0) is 11.3 Å². The van der Waals surface area contributed by atoms with E-state index in [1.807, 2.05) is 17.9 Å². The topological polar surface area (TPSA) is 41.6 Å².